The number of allylic oxidation sites excluding steroid dienone is 1. The van der Waals surface area contributed by atoms with Crippen molar-refractivity contribution in [2.24, 2.45) is 0 Å². The van der Waals surface area contributed by atoms with Gasteiger partial charge < -0.3 is 18.9 Å². The Morgan fingerprint density at radius 3 is 2.34 bits per heavy atom. The van der Waals surface area contributed by atoms with Gasteiger partial charge in [0.25, 0.3) is 0 Å². The molecule has 0 bridgehead atoms. The number of ether oxygens (including phenoxy) is 4. The first-order valence-corrected chi connectivity index (χ1v) is 10.1. The van der Waals surface area contributed by atoms with Crippen LogP contribution in [0.15, 0.2) is 60.4 Å². The van der Waals surface area contributed by atoms with E-state index in [2.05, 4.69) is 0 Å². The van der Waals surface area contributed by atoms with Crippen LogP contribution in [0.5, 0.6) is 23.0 Å². The molecule has 0 aliphatic carbocycles. The SMILES string of the molecule is COc1cc(OC)cc(C(=O)Oc2ccc3c(c2C)O/C(=C\c2ccccc2Cl)C3=O)c1. The first-order chi connectivity index (χ1) is 15.4. The Bertz CT molecular complexity index is 1240. The molecule has 3 aromatic carbocycles. The zero-order chi connectivity index (χ0) is 22.8. The first kappa shape index (κ1) is 21.5. The third kappa shape index (κ3) is 4.05. The topological polar surface area (TPSA) is 71.1 Å². The predicted octanol–water partition coefficient (Wildman–Crippen LogP) is 5.50. The van der Waals surface area contributed by atoms with E-state index in [1.807, 2.05) is 6.07 Å². The number of ketones is 1. The van der Waals surface area contributed by atoms with Gasteiger partial charge in [-0.05, 0) is 48.9 Å². The van der Waals surface area contributed by atoms with E-state index < -0.39 is 5.97 Å². The Morgan fingerprint density at radius 2 is 1.69 bits per heavy atom. The Hall–Kier alpha value is -3.77. The van der Waals surface area contributed by atoms with Crippen LogP contribution in [0.25, 0.3) is 6.08 Å². The molecule has 0 N–H and O–H groups in total. The van der Waals surface area contributed by atoms with E-state index in [4.69, 9.17) is 30.5 Å². The molecule has 0 atom stereocenters. The average Bonchev–Trinajstić information content (AvgIpc) is 3.12. The maximum atomic E-state index is 12.8. The molecular formula is C25H19ClO6. The minimum atomic E-state index is -0.596. The van der Waals surface area contributed by atoms with Gasteiger partial charge in [-0.1, -0.05) is 29.8 Å². The Balaban J connectivity index is 1.62. The van der Waals surface area contributed by atoms with E-state index in [1.165, 1.54) is 14.2 Å². The van der Waals surface area contributed by atoms with Gasteiger partial charge in [-0.2, -0.15) is 0 Å². The molecule has 1 heterocycles. The standard InChI is InChI=1S/C25H19ClO6/c1-14-21(32-25(28)16-10-17(29-2)13-18(11-16)30-3)9-8-19-23(27)22(31-24(14)19)12-15-6-4-5-7-20(15)26/h4-13H,1-3H3/b22-12-. The zero-order valence-corrected chi connectivity index (χ0v) is 18.4. The number of fused-ring (bicyclic) bond motifs is 1. The van der Waals surface area contributed by atoms with Gasteiger partial charge in [0.05, 0.1) is 25.3 Å². The molecule has 0 spiro atoms. The van der Waals surface area contributed by atoms with Crippen molar-refractivity contribution in [2.45, 2.75) is 6.92 Å². The third-order valence-electron chi connectivity index (χ3n) is 5.02. The van der Waals surface area contributed by atoms with Crippen molar-refractivity contribution in [1.29, 1.82) is 0 Å². The molecule has 1 aliphatic heterocycles. The number of benzene rings is 3. The summed E-state index contributed by atoms with van der Waals surface area (Å²) >= 11 is 6.19. The molecule has 0 unspecified atom stereocenters. The van der Waals surface area contributed by atoms with Crippen LogP contribution in [-0.4, -0.2) is 26.0 Å². The van der Waals surface area contributed by atoms with Gasteiger partial charge in [0, 0.05) is 16.7 Å². The molecule has 0 fully saturated rings. The first-order valence-electron chi connectivity index (χ1n) is 9.69. The Kier molecular flexibility index (Phi) is 5.88. The summed E-state index contributed by atoms with van der Waals surface area (Å²) in [5.41, 5.74) is 1.85. The van der Waals surface area contributed by atoms with Crippen molar-refractivity contribution in [1.82, 2.24) is 0 Å². The Labute approximate surface area is 189 Å². The highest BCUT2D eigenvalue weighted by atomic mass is 35.5. The van der Waals surface area contributed by atoms with Crippen molar-refractivity contribution >= 4 is 29.4 Å². The second-order valence-electron chi connectivity index (χ2n) is 7.02. The monoisotopic (exact) mass is 450 g/mol. The number of esters is 1. The van der Waals surface area contributed by atoms with Crippen LogP contribution in [-0.2, 0) is 0 Å². The van der Waals surface area contributed by atoms with Gasteiger partial charge in [0.15, 0.2) is 5.76 Å². The molecule has 162 valence electrons. The van der Waals surface area contributed by atoms with Crippen molar-refractivity contribution in [3.05, 3.63) is 87.6 Å². The van der Waals surface area contributed by atoms with Gasteiger partial charge in [-0.25, -0.2) is 4.79 Å². The summed E-state index contributed by atoms with van der Waals surface area (Å²) in [4.78, 5) is 25.5. The fraction of sp³-hybridized carbons (Fsp3) is 0.120. The lowest BCUT2D eigenvalue weighted by atomic mass is 10.1. The van der Waals surface area contributed by atoms with Gasteiger partial charge in [0.1, 0.15) is 23.0 Å². The fourth-order valence-corrected chi connectivity index (χ4v) is 3.49. The minimum absolute atomic E-state index is 0.150. The number of carbonyl (C=O) groups is 2. The largest absolute Gasteiger partial charge is 0.497 e. The zero-order valence-electron chi connectivity index (χ0n) is 17.6. The molecule has 0 amide bonds. The predicted molar refractivity (Wildman–Crippen MR) is 120 cm³/mol. The quantitative estimate of drug-likeness (QED) is 0.290. The second kappa shape index (κ2) is 8.77. The summed E-state index contributed by atoms with van der Waals surface area (Å²) in [7, 11) is 2.99. The van der Waals surface area contributed by atoms with E-state index in [0.717, 1.165) is 0 Å². The molecule has 6 nitrogen and oxygen atoms in total. The maximum absolute atomic E-state index is 12.8. The highest BCUT2D eigenvalue weighted by Gasteiger charge is 2.31. The molecule has 0 aromatic heterocycles. The summed E-state index contributed by atoms with van der Waals surface area (Å²) in [6.07, 6.45) is 1.60. The van der Waals surface area contributed by atoms with Crippen molar-refractivity contribution in [3.8, 4) is 23.0 Å². The van der Waals surface area contributed by atoms with E-state index in [1.54, 1.807) is 61.5 Å². The number of hydrogen-bond donors (Lipinski definition) is 0. The molecule has 0 saturated carbocycles. The summed E-state index contributed by atoms with van der Waals surface area (Å²) in [6, 6.07) is 15.1. The van der Waals surface area contributed by atoms with E-state index in [-0.39, 0.29) is 22.9 Å². The van der Waals surface area contributed by atoms with Gasteiger partial charge in [-0.3, -0.25) is 4.79 Å². The maximum Gasteiger partial charge on any atom is 0.343 e. The molecule has 32 heavy (non-hydrogen) atoms. The third-order valence-corrected chi connectivity index (χ3v) is 5.36. The number of halogens is 1. The molecule has 0 radical (unpaired) electrons. The second-order valence-corrected chi connectivity index (χ2v) is 7.42. The van der Waals surface area contributed by atoms with E-state index in [9.17, 15) is 9.59 Å². The van der Waals surface area contributed by atoms with Crippen molar-refractivity contribution < 1.29 is 28.5 Å². The number of carbonyl (C=O) groups excluding carboxylic acids is 2. The number of rotatable bonds is 5. The van der Waals surface area contributed by atoms with Crippen LogP contribution in [0, 0.1) is 6.92 Å². The lowest BCUT2D eigenvalue weighted by molar-refractivity contribution is 0.0732. The minimum Gasteiger partial charge on any atom is -0.497 e. The van der Waals surface area contributed by atoms with Gasteiger partial charge >= 0.3 is 5.97 Å². The molecular weight excluding hydrogens is 432 g/mol. The van der Waals surface area contributed by atoms with Crippen molar-refractivity contribution in [3.63, 3.8) is 0 Å². The molecule has 3 aromatic rings. The van der Waals surface area contributed by atoms with Crippen LogP contribution in [0.2, 0.25) is 5.02 Å². The van der Waals surface area contributed by atoms with Crippen LogP contribution >= 0.6 is 11.6 Å². The average molecular weight is 451 g/mol. The van der Waals surface area contributed by atoms with Crippen LogP contribution in [0.4, 0.5) is 0 Å². The van der Waals surface area contributed by atoms with E-state index in [0.29, 0.717) is 39.0 Å². The highest BCUT2D eigenvalue weighted by molar-refractivity contribution is 6.32. The fourth-order valence-electron chi connectivity index (χ4n) is 3.30. The molecule has 4 rings (SSSR count). The van der Waals surface area contributed by atoms with E-state index >= 15 is 0 Å². The van der Waals surface area contributed by atoms with Gasteiger partial charge in [-0.15, -0.1) is 0 Å². The van der Waals surface area contributed by atoms with Crippen molar-refractivity contribution in [2.75, 3.05) is 14.2 Å². The van der Waals surface area contributed by atoms with Crippen LogP contribution < -0.4 is 18.9 Å². The summed E-state index contributed by atoms with van der Waals surface area (Å²) < 4.78 is 21.8. The smallest absolute Gasteiger partial charge is 0.343 e. The van der Waals surface area contributed by atoms with Gasteiger partial charge in [0.2, 0.25) is 5.78 Å². The molecule has 7 heteroatoms. The molecule has 0 saturated heterocycles. The summed E-state index contributed by atoms with van der Waals surface area (Å²) in [5.74, 6) is 0.844. The number of Topliss-reactive ketones (excluding diaryl/α,β-unsaturated/α-hetero) is 1. The number of methoxy groups -OCH3 is 2. The Morgan fingerprint density at radius 1 is 1.00 bits per heavy atom. The van der Waals surface area contributed by atoms with Crippen LogP contribution in [0.3, 0.4) is 0 Å². The van der Waals surface area contributed by atoms with Crippen LogP contribution in [0.1, 0.15) is 31.8 Å². The highest BCUT2D eigenvalue weighted by Crippen LogP contribution is 2.40. The summed E-state index contributed by atoms with van der Waals surface area (Å²) in [6.45, 7) is 1.72. The summed E-state index contributed by atoms with van der Waals surface area (Å²) in [5, 5.41) is 0.507. The normalized spacial score (nSPS) is 13.5. The lowest BCUT2D eigenvalue weighted by Crippen LogP contribution is -2.10. The number of hydrogen-bond acceptors (Lipinski definition) is 6. The lowest BCUT2D eigenvalue weighted by Gasteiger charge is -2.11. The molecule has 1 aliphatic rings.